The lowest BCUT2D eigenvalue weighted by Crippen LogP contribution is -2.37. The van der Waals surface area contributed by atoms with Crippen LogP contribution in [0.4, 0.5) is 5.69 Å². The third-order valence-corrected chi connectivity index (χ3v) is 3.33. The van der Waals surface area contributed by atoms with Crippen LogP contribution in [0.1, 0.15) is 5.56 Å². The van der Waals surface area contributed by atoms with Gasteiger partial charge >= 0.3 is 0 Å². The Morgan fingerprint density at radius 1 is 1.32 bits per heavy atom. The molecule has 0 saturated heterocycles. The lowest BCUT2D eigenvalue weighted by molar-refractivity contribution is -0.117. The maximum Gasteiger partial charge on any atom is 0.238 e. The van der Waals surface area contributed by atoms with Crippen molar-refractivity contribution in [2.45, 2.75) is 6.92 Å². The highest BCUT2D eigenvalue weighted by atomic mass is 127. The molecule has 0 aliphatic carbocycles. The average molecular weight is 378 g/mol. The van der Waals surface area contributed by atoms with E-state index in [2.05, 4.69) is 27.9 Å². The molecule has 0 fully saturated rings. The van der Waals surface area contributed by atoms with Gasteiger partial charge in [0.05, 0.1) is 19.8 Å². The van der Waals surface area contributed by atoms with E-state index in [-0.39, 0.29) is 25.7 Å². The number of nitrogens with one attached hydrogen (secondary N) is 1. The molecule has 0 atom stereocenters. The summed E-state index contributed by atoms with van der Waals surface area (Å²) in [4.78, 5) is 13.6. The van der Waals surface area contributed by atoms with E-state index in [0.29, 0.717) is 13.1 Å². The molecule has 1 aromatic rings. The van der Waals surface area contributed by atoms with Crippen LogP contribution in [0.5, 0.6) is 0 Å². The van der Waals surface area contributed by atoms with E-state index in [1.54, 1.807) is 4.90 Å². The maximum atomic E-state index is 11.9. The van der Waals surface area contributed by atoms with Crippen LogP contribution < -0.4 is 5.32 Å². The van der Waals surface area contributed by atoms with Gasteiger partial charge in [-0.15, -0.1) is 0 Å². The molecule has 1 rings (SSSR count). The van der Waals surface area contributed by atoms with Crippen LogP contribution in [0.2, 0.25) is 0 Å². The number of hydrogen-bond donors (Lipinski definition) is 3. The van der Waals surface area contributed by atoms with Gasteiger partial charge in [0.25, 0.3) is 0 Å². The predicted molar refractivity (Wildman–Crippen MR) is 83.1 cm³/mol. The fraction of sp³-hybridized carbons (Fsp3) is 0.462. The summed E-state index contributed by atoms with van der Waals surface area (Å²) in [5, 5.41) is 20.6. The number of aryl methyl sites for hydroxylation is 1. The molecule has 106 valence electrons. The minimum Gasteiger partial charge on any atom is -0.395 e. The van der Waals surface area contributed by atoms with Crippen LogP contribution in [0.3, 0.4) is 0 Å². The Hall–Kier alpha value is -0.700. The molecule has 19 heavy (non-hydrogen) atoms. The number of aliphatic hydroxyl groups excluding tert-OH is 2. The summed E-state index contributed by atoms with van der Waals surface area (Å²) in [7, 11) is 0. The second-order valence-electron chi connectivity index (χ2n) is 4.23. The van der Waals surface area contributed by atoms with E-state index >= 15 is 0 Å². The second-order valence-corrected chi connectivity index (χ2v) is 5.48. The van der Waals surface area contributed by atoms with E-state index in [4.69, 9.17) is 10.2 Å². The Morgan fingerprint density at radius 3 is 2.47 bits per heavy atom. The minimum absolute atomic E-state index is 0.0319. The molecule has 0 unspecified atom stereocenters. The van der Waals surface area contributed by atoms with Crippen molar-refractivity contribution in [1.29, 1.82) is 0 Å². The van der Waals surface area contributed by atoms with Crippen molar-refractivity contribution in [3.05, 3.63) is 27.3 Å². The van der Waals surface area contributed by atoms with Crippen molar-refractivity contribution in [2.24, 2.45) is 0 Å². The standard InChI is InChI=1S/C13H19IN2O3/c1-10-8-11(14)2-3-12(10)15-13(19)9-16(4-6-17)5-7-18/h2-3,8,17-18H,4-7,9H2,1H3,(H,15,19). The molecular formula is C13H19IN2O3. The summed E-state index contributed by atoms with van der Waals surface area (Å²) >= 11 is 2.22. The first-order valence-corrected chi connectivity index (χ1v) is 7.14. The zero-order valence-electron chi connectivity index (χ0n) is 10.9. The van der Waals surface area contributed by atoms with Gasteiger partial charge in [-0.1, -0.05) is 0 Å². The van der Waals surface area contributed by atoms with Crippen LogP contribution in [0.15, 0.2) is 18.2 Å². The number of aliphatic hydroxyl groups is 2. The van der Waals surface area contributed by atoms with Gasteiger partial charge < -0.3 is 15.5 Å². The highest BCUT2D eigenvalue weighted by Gasteiger charge is 2.11. The fourth-order valence-electron chi connectivity index (χ4n) is 1.71. The topological polar surface area (TPSA) is 72.8 Å². The first-order chi connectivity index (χ1) is 9.06. The lowest BCUT2D eigenvalue weighted by Gasteiger charge is -2.19. The number of nitrogens with zero attached hydrogens (tertiary/aromatic N) is 1. The van der Waals surface area contributed by atoms with Crippen LogP contribution in [0.25, 0.3) is 0 Å². The maximum absolute atomic E-state index is 11.9. The summed E-state index contributed by atoms with van der Waals surface area (Å²) in [6.07, 6.45) is 0. The van der Waals surface area contributed by atoms with E-state index in [1.165, 1.54) is 0 Å². The van der Waals surface area contributed by atoms with Gasteiger partial charge in [0.2, 0.25) is 5.91 Å². The summed E-state index contributed by atoms with van der Waals surface area (Å²) in [5.74, 6) is -0.147. The van der Waals surface area contributed by atoms with Crippen molar-refractivity contribution in [3.63, 3.8) is 0 Å². The van der Waals surface area contributed by atoms with Crippen molar-refractivity contribution in [1.82, 2.24) is 4.90 Å². The normalized spacial score (nSPS) is 10.8. The summed E-state index contributed by atoms with van der Waals surface area (Å²) in [6.45, 7) is 2.79. The highest BCUT2D eigenvalue weighted by molar-refractivity contribution is 14.1. The first-order valence-electron chi connectivity index (χ1n) is 6.07. The van der Waals surface area contributed by atoms with Gasteiger partial charge in [-0.05, 0) is 53.3 Å². The van der Waals surface area contributed by atoms with E-state index in [9.17, 15) is 4.79 Å². The van der Waals surface area contributed by atoms with Gasteiger partial charge in [-0.2, -0.15) is 0 Å². The third-order valence-electron chi connectivity index (χ3n) is 2.66. The number of hydrogen-bond acceptors (Lipinski definition) is 4. The molecule has 0 heterocycles. The van der Waals surface area contributed by atoms with Crippen LogP contribution in [-0.4, -0.2) is 53.9 Å². The predicted octanol–water partition coefficient (Wildman–Crippen LogP) is 0.825. The summed E-state index contributed by atoms with van der Waals surface area (Å²) < 4.78 is 1.12. The number of amides is 1. The Labute approximate surface area is 126 Å². The second kappa shape index (κ2) is 8.47. The van der Waals surface area contributed by atoms with E-state index in [1.807, 2.05) is 25.1 Å². The van der Waals surface area contributed by atoms with Crippen LogP contribution in [-0.2, 0) is 4.79 Å². The molecule has 0 aliphatic rings. The molecular weight excluding hydrogens is 359 g/mol. The Bertz CT molecular complexity index is 420. The zero-order valence-corrected chi connectivity index (χ0v) is 13.1. The zero-order chi connectivity index (χ0) is 14.3. The number of benzene rings is 1. The largest absolute Gasteiger partial charge is 0.395 e. The van der Waals surface area contributed by atoms with Crippen molar-refractivity contribution < 1.29 is 15.0 Å². The molecule has 0 saturated carbocycles. The SMILES string of the molecule is Cc1cc(I)ccc1NC(=O)CN(CCO)CCO. The Balaban J connectivity index is 2.58. The van der Waals surface area contributed by atoms with Crippen LogP contribution in [0, 0.1) is 10.5 Å². The molecule has 0 spiro atoms. The van der Waals surface area contributed by atoms with E-state index in [0.717, 1.165) is 14.8 Å². The summed E-state index contributed by atoms with van der Waals surface area (Å²) in [5.41, 5.74) is 1.80. The monoisotopic (exact) mass is 378 g/mol. The number of anilines is 1. The van der Waals surface area contributed by atoms with Gasteiger partial charge in [-0.3, -0.25) is 9.69 Å². The van der Waals surface area contributed by atoms with E-state index < -0.39 is 0 Å². The lowest BCUT2D eigenvalue weighted by atomic mass is 10.2. The molecule has 1 aromatic carbocycles. The Morgan fingerprint density at radius 2 is 1.95 bits per heavy atom. The molecule has 3 N–H and O–H groups in total. The highest BCUT2D eigenvalue weighted by Crippen LogP contribution is 2.17. The summed E-state index contributed by atoms with van der Waals surface area (Å²) in [6, 6.07) is 5.80. The molecule has 0 aliphatic heterocycles. The van der Waals surface area contributed by atoms with Crippen molar-refractivity contribution in [2.75, 3.05) is 38.2 Å². The molecule has 0 radical (unpaired) electrons. The van der Waals surface area contributed by atoms with Gasteiger partial charge in [0.15, 0.2) is 0 Å². The fourth-order valence-corrected chi connectivity index (χ4v) is 2.36. The smallest absolute Gasteiger partial charge is 0.238 e. The molecule has 5 nitrogen and oxygen atoms in total. The molecule has 6 heteroatoms. The minimum atomic E-state index is -0.147. The average Bonchev–Trinajstić information content (AvgIpc) is 2.33. The molecule has 1 amide bonds. The molecule has 0 bridgehead atoms. The number of carbonyl (C=O) groups is 1. The first kappa shape index (κ1) is 16.4. The quantitative estimate of drug-likeness (QED) is 0.615. The molecule has 0 aromatic heterocycles. The van der Waals surface area contributed by atoms with Gasteiger partial charge in [0, 0.05) is 22.3 Å². The van der Waals surface area contributed by atoms with Crippen LogP contribution >= 0.6 is 22.6 Å². The van der Waals surface area contributed by atoms with Crippen molar-refractivity contribution >= 4 is 34.2 Å². The number of halogens is 1. The third kappa shape index (κ3) is 5.85. The Kier molecular flexibility index (Phi) is 7.29. The number of carbonyl (C=O) groups excluding carboxylic acids is 1. The van der Waals surface area contributed by atoms with Crippen molar-refractivity contribution in [3.8, 4) is 0 Å². The van der Waals surface area contributed by atoms with Gasteiger partial charge in [-0.25, -0.2) is 0 Å². The number of rotatable bonds is 7. The van der Waals surface area contributed by atoms with Gasteiger partial charge in [0.1, 0.15) is 0 Å².